The molecule has 0 radical (unpaired) electrons. The van der Waals surface area contributed by atoms with Crippen molar-refractivity contribution in [2.45, 2.75) is 25.4 Å². The van der Waals surface area contributed by atoms with Gasteiger partial charge in [0.1, 0.15) is 0 Å². The van der Waals surface area contributed by atoms with Gasteiger partial charge in [-0.05, 0) is 30.9 Å². The molecule has 1 saturated carbocycles. The Kier molecular flexibility index (Phi) is 3.97. The minimum absolute atomic E-state index is 0.331. The van der Waals surface area contributed by atoms with Crippen molar-refractivity contribution in [1.82, 2.24) is 0 Å². The number of methoxy groups -OCH3 is 3. The lowest BCUT2D eigenvalue weighted by Gasteiger charge is -2.31. The van der Waals surface area contributed by atoms with Crippen molar-refractivity contribution in [3.8, 4) is 17.2 Å². The van der Waals surface area contributed by atoms with Gasteiger partial charge < -0.3 is 19.3 Å². The molecule has 18 heavy (non-hydrogen) atoms. The highest BCUT2D eigenvalue weighted by Gasteiger charge is 2.30. The zero-order valence-electron chi connectivity index (χ0n) is 11.1. The number of hydrogen-bond donors (Lipinski definition) is 1. The molecule has 0 heterocycles. The van der Waals surface area contributed by atoms with Crippen LogP contribution in [0.1, 0.15) is 30.9 Å². The molecular weight excluding hydrogens is 232 g/mol. The van der Waals surface area contributed by atoms with Crippen molar-refractivity contribution < 1.29 is 19.3 Å². The molecule has 1 atom stereocenters. The molecule has 0 bridgehead atoms. The van der Waals surface area contributed by atoms with E-state index in [9.17, 15) is 5.11 Å². The molecule has 2 rings (SSSR count). The van der Waals surface area contributed by atoms with Gasteiger partial charge in [0.05, 0.1) is 27.4 Å². The van der Waals surface area contributed by atoms with Crippen LogP contribution in [0.2, 0.25) is 0 Å². The first-order valence-electron chi connectivity index (χ1n) is 6.19. The van der Waals surface area contributed by atoms with Gasteiger partial charge in [0, 0.05) is 5.56 Å². The Labute approximate surface area is 107 Å². The molecule has 1 fully saturated rings. The standard InChI is InChI=1S/C14H20O4/c1-16-11-8-7-10(12(15)9-5-4-6-9)13(17-2)14(11)18-3/h7-9,12,15H,4-6H2,1-3H3. The molecule has 0 amide bonds. The maximum Gasteiger partial charge on any atom is 0.203 e. The molecule has 4 nitrogen and oxygen atoms in total. The van der Waals surface area contributed by atoms with Gasteiger partial charge in [-0.2, -0.15) is 0 Å². The third kappa shape index (κ3) is 2.12. The highest BCUT2D eigenvalue weighted by atomic mass is 16.5. The number of aliphatic hydroxyl groups excluding tert-OH is 1. The van der Waals surface area contributed by atoms with Crippen LogP contribution in [0, 0.1) is 5.92 Å². The number of benzene rings is 1. The van der Waals surface area contributed by atoms with E-state index in [1.807, 2.05) is 6.07 Å². The van der Waals surface area contributed by atoms with Gasteiger partial charge in [-0.3, -0.25) is 0 Å². The summed E-state index contributed by atoms with van der Waals surface area (Å²) in [5.41, 5.74) is 0.778. The van der Waals surface area contributed by atoms with Crippen LogP contribution in [-0.4, -0.2) is 26.4 Å². The predicted octanol–water partition coefficient (Wildman–Crippen LogP) is 2.55. The Morgan fingerprint density at radius 1 is 1.06 bits per heavy atom. The smallest absolute Gasteiger partial charge is 0.203 e. The summed E-state index contributed by atoms with van der Waals surface area (Å²) in [6, 6.07) is 3.65. The lowest BCUT2D eigenvalue weighted by Crippen LogP contribution is -2.20. The van der Waals surface area contributed by atoms with Crippen molar-refractivity contribution >= 4 is 0 Å². The molecule has 1 aromatic rings. The molecule has 0 saturated heterocycles. The monoisotopic (exact) mass is 252 g/mol. The normalized spacial score (nSPS) is 16.9. The number of aliphatic hydroxyl groups is 1. The zero-order chi connectivity index (χ0) is 13.1. The molecule has 100 valence electrons. The van der Waals surface area contributed by atoms with E-state index in [1.54, 1.807) is 27.4 Å². The molecule has 4 heteroatoms. The average molecular weight is 252 g/mol. The second-order valence-corrected chi connectivity index (χ2v) is 4.56. The minimum Gasteiger partial charge on any atom is -0.493 e. The van der Waals surface area contributed by atoms with Crippen molar-refractivity contribution in [1.29, 1.82) is 0 Å². The third-order valence-corrected chi connectivity index (χ3v) is 3.65. The largest absolute Gasteiger partial charge is 0.493 e. The fourth-order valence-corrected chi connectivity index (χ4v) is 2.37. The van der Waals surface area contributed by atoms with Crippen molar-refractivity contribution in [3.05, 3.63) is 17.7 Å². The summed E-state index contributed by atoms with van der Waals surface area (Å²) in [6.45, 7) is 0. The Morgan fingerprint density at radius 3 is 2.17 bits per heavy atom. The highest BCUT2D eigenvalue weighted by molar-refractivity contribution is 5.56. The summed E-state index contributed by atoms with van der Waals surface area (Å²) in [5, 5.41) is 10.4. The SMILES string of the molecule is COc1ccc(C(O)C2CCC2)c(OC)c1OC. The fraction of sp³-hybridized carbons (Fsp3) is 0.571. The molecule has 1 aliphatic carbocycles. The summed E-state index contributed by atoms with van der Waals surface area (Å²) in [4.78, 5) is 0. The summed E-state index contributed by atoms with van der Waals surface area (Å²) in [5.74, 6) is 2.04. The van der Waals surface area contributed by atoms with E-state index in [4.69, 9.17) is 14.2 Å². The van der Waals surface area contributed by atoms with Gasteiger partial charge >= 0.3 is 0 Å². The molecular formula is C14H20O4. The first kappa shape index (κ1) is 13.0. The topological polar surface area (TPSA) is 47.9 Å². The first-order valence-corrected chi connectivity index (χ1v) is 6.19. The summed E-state index contributed by atoms with van der Waals surface area (Å²) < 4.78 is 15.9. The lowest BCUT2D eigenvalue weighted by atomic mass is 9.78. The molecule has 0 aliphatic heterocycles. The van der Waals surface area contributed by atoms with Crippen molar-refractivity contribution in [3.63, 3.8) is 0 Å². The second-order valence-electron chi connectivity index (χ2n) is 4.56. The number of rotatable bonds is 5. The second kappa shape index (κ2) is 5.48. The van der Waals surface area contributed by atoms with E-state index in [-0.39, 0.29) is 0 Å². The van der Waals surface area contributed by atoms with Crippen LogP contribution in [0.5, 0.6) is 17.2 Å². The van der Waals surface area contributed by atoms with E-state index in [0.29, 0.717) is 23.2 Å². The third-order valence-electron chi connectivity index (χ3n) is 3.65. The van der Waals surface area contributed by atoms with Crippen LogP contribution < -0.4 is 14.2 Å². The zero-order valence-corrected chi connectivity index (χ0v) is 11.1. The molecule has 1 N–H and O–H groups in total. The Morgan fingerprint density at radius 2 is 1.72 bits per heavy atom. The maximum atomic E-state index is 10.4. The summed E-state index contributed by atoms with van der Waals surface area (Å²) in [7, 11) is 4.73. The van der Waals surface area contributed by atoms with E-state index >= 15 is 0 Å². The van der Waals surface area contributed by atoms with Crippen LogP contribution in [0.3, 0.4) is 0 Å². The Bertz CT molecular complexity index is 413. The van der Waals surface area contributed by atoms with Crippen LogP contribution in [0.4, 0.5) is 0 Å². The van der Waals surface area contributed by atoms with Crippen molar-refractivity contribution in [2.75, 3.05) is 21.3 Å². The van der Waals surface area contributed by atoms with E-state index in [2.05, 4.69) is 0 Å². The molecule has 0 aromatic heterocycles. The van der Waals surface area contributed by atoms with E-state index in [0.717, 1.165) is 18.4 Å². The van der Waals surface area contributed by atoms with E-state index in [1.165, 1.54) is 6.42 Å². The van der Waals surface area contributed by atoms with Crippen LogP contribution >= 0.6 is 0 Å². The Balaban J connectivity index is 2.40. The quantitative estimate of drug-likeness (QED) is 0.875. The van der Waals surface area contributed by atoms with Gasteiger partial charge in [0.25, 0.3) is 0 Å². The molecule has 1 aromatic carbocycles. The maximum absolute atomic E-state index is 10.4. The van der Waals surface area contributed by atoms with Crippen LogP contribution in [0.25, 0.3) is 0 Å². The summed E-state index contributed by atoms with van der Waals surface area (Å²) >= 11 is 0. The van der Waals surface area contributed by atoms with Gasteiger partial charge in [0.2, 0.25) is 5.75 Å². The molecule has 1 aliphatic rings. The predicted molar refractivity (Wildman–Crippen MR) is 68.4 cm³/mol. The van der Waals surface area contributed by atoms with Crippen LogP contribution in [-0.2, 0) is 0 Å². The molecule has 0 spiro atoms. The van der Waals surface area contributed by atoms with Gasteiger partial charge in [-0.25, -0.2) is 0 Å². The summed E-state index contributed by atoms with van der Waals surface area (Å²) in [6.07, 6.45) is 2.84. The van der Waals surface area contributed by atoms with Gasteiger partial charge in [-0.1, -0.05) is 6.42 Å². The van der Waals surface area contributed by atoms with Crippen molar-refractivity contribution in [2.24, 2.45) is 5.92 Å². The lowest BCUT2D eigenvalue weighted by molar-refractivity contribution is 0.0596. The minimum atomic E-state index is -0.492. The fourth-order valence-electron chi connectivity index (χ4n) is 2.37. The average Bonchev–Trinajstić information content (AvgIpc) is 2.34. The molecule has 1 unspecified atom stereocenters. The van der Waals surface area contributed by atoms with Gasteiger partial charge in [-0.15, -0.1) is 0 Å². The number of hydrogen-bond acceptors (Lipinski definition) is 4. The number of ether oxygens (including phenoxy) is 3. The van der Waals surface area contributed by atoms with Crippen LogP contribution in [0.15, 0.2) is 12.1 Å². The Hall–Kier alpha value is -1.42. The first-order chi connectivity index (χ1) is 8.72. The van der Waals surface area contributed by atoms with E-state index < -0.39 is 6.10 Å². The van der Waals surface area contributed by atoms with Gasteiger partial charge in [0.15, 0.2) is 11.5 Å². The highest BCUT2D eigenvalue weighted by Crippen LogP contribution is 2.46.